The maximum atomic E-state index is 13.3. The molecule has 0 fully saturated rings. The Morgan fingerprint density at radius 2 is 1.81 bits per heavy atom. The highest BCUT2D eigenvalue weighted by molar-refractivity contribution is 6.16. The summed E-state index contributed by atoms with van der Waals surface area (Å²) in [5.41, 5.74) is 2.70. The van der Waals surface area contributed by atoms with Gasteiger partial charge >= 0.3 is 5.97 Å². The molecule has 0 saturated carbocycles. The molecule has 6 nitrogen and oxygen atoms in total. The summed E-state index contributed by atoms with van der Waals surface area (Å²) in [6.07, 6.45) is 5.07. The molecule has 1 aromatic heterocycles. The first-order valence-corrected chi connectivity index (χ1v) is 10.1. The van der Waals surface area contributed by atoms with Crippen LogP contribution >= 0.6 is 0 Å². The first-order chi connectivity index (χ1) is 15.6. The second-order valence-corrected chi connectivity index (χ2v) is 7.25. The smallest absolute Gasteiger partial charge is 0.340 e. The monoisotopic (exact) mass is 426 g/mol. The van der Waals surface area contributed by atoms with Gasteiger partial charge in [-0.1, -0.05) is 36.4 Å². The zero-order valence-corrected chi connectivity index (χ0v) is 17.8. The van der Waals surface area contributed by atoms with E-state index in [4.69, 9.17) is 9.47 Å². The van der Waals surface area contributed by atoms with Gasteiger partial charge in [0.05, 0.1) is 24.8 Å². The summed E-state index contributed by atoms with van der Waals surface area (Å²) >= 11 is 0. The van der Waals surface area contributed by atoms with Crippen LogP contribution in [0.15, 0.2) is 96.0 Å². The summed E-state index contributed by atoms with van der Waals surface area (Å²) in [5, 5.41) is 0. The van der Waals surface area contributed by atoms with Crippen LogP contribution in [0.3, 0.4) is 0 Å². The highest BCUT2D eigenvalue weighted by Crippen LogP contribution is 2.33. The van der Waals surface area contributed by atoms with Crippen LogP contribution in [0.5, 0.6) is 11.5 Å². The Bertz CT molecular complexity index is 1200. The van der Waals surface area contributed by atoms with Crippen molar-refractivity contribution in [2.75, 3.05) is 7.11 Å². The maximum Gasteiger partial charge on any atom is 0.340 e. The van der Waals surface area contributed by atoms with E-state index in [1.807, 2.05) is 66.7 Å². The van der Waals surface area contributed by atoms with E-state index in [1.165, 1.54) is 7.11 Å². The van der Waals surface area contributed by atoms with E-state index in [-0.39, 0.29) is 17.1 Å². The molecule has 0 atom stereocenters. The van der Waals surface area contributed by atoms with E-state index in [9.17, 15) is 9.59 Å². The summed E-state index contributed by atoms with van der Waals surface area (Å²) < 4.78 is 10.9. The topological polar surface area (TPSA) is 68.7 Å². The lowest BCUT2D eigenvalue weighted by atomic mass is 10.0. The molecule has 1 aliphatic rings. The van der Waals surface area contributed by atoms with Crippen molar-refractivity contribution in [2.45, 2.75) is 13.5 Å². The normalized spacial score (nSPS) is 14.8. The van der Waals surface area contributed by atoms with Crippen LogP contribution in [0.25, 0.3) is 6.08 Å². The molecule has 32 heavy (non-hydrogen) atoms. The Kier molecular flexibility index (Phi) is 6.12. The summed E-state index contributed by atoms with van der Waals surface area (Å²) in [5.74, 6) is 0.528. The largest absolute Gasteiger partial charge is 0.465 e. The minimum atomic E-state index is -0.549. The minimum Gasteiger partial charge on any atom is -0.465 e. The number of carbonyl (C=O) groups excluding carboxylic acids is 2. The average molecular weight is 426 g/mol. The molecule has 0 aliphatic carbocycles. The molecule has 0 spiro atoms. The molecule has 0 radical (unpaired) electrons. The van der Waals surface area contributed by atoms with E-state index in [0.717, 1.165) is 11.1 Å². The fourth-order valence-electron chi connectivity index (χ4n) is 3.55. The van der Waals surface area contributed by atoms with E-state index >= 15 is 0 Å². The van der Waals surface area contributed by atoms with Gasteiger partial charge in [0.25, 0.3) is 5.91 Å². The van der Waals surface area contributed by atoms with Crippen molar-refractivity contribution >= 4 is 18.0 Å². The van der Waals surface area contributed by atoms with Crippen LogP contribution in [0.1, 0.15) is 18.1 Å². The summed E-state index contributed by atoms with van der Waals surface area (Å²) in [6.45, 7) is 2.06. The second kappa shape index (κ2) is 9.31. The number of hydrogen-bond acceptors (Lipinski definition) is 5. The zero-order valence-electron chi connectivity index (χ0n) is 17.8. The van der Waals surface area contributed by atoms with Gasteiger partial charge in [0, 0.05) is 18.1 Å². The zero-order chi connectivity index (χ0) is 22.5. The second-order valence-electron chi connectivity index (χ2n) is 7.25. The van der Waals surface area contributed by atoms with Crippen LogP contribution < -0.4 is 4.74 Å². The number of hydrogen-bond donors (Lipinski definition) is 0. The number of aromatic nitrogens is 1. The van der Waals surface area contributed by atoms with Crippen molar-refractivity contribution < 1.29 is 19.1 Å². The number of pyridine rings is 1. The average Bonchev–Trinajstić information content (AvgIpc) is 3.04. The third kappa shape index (κ3) is 4.44. The van der Waals surface area contributed by atoms with Crippen molar-refractivity contribution in [3.63, 3.8) is 0 Å². The van der Waals surface area contributed by atoms with E-state index in [1.54, 1.807) is 30.3 Å². The van der Waals surface area contributed by atoms with E-state index < -0.39 is 5.97 Å². The molecule has 2 aromatic carbocycles. The maximum absolute atomic E-state index is 13.3. The van der Waals surface area contributed by atoms with Gasteiger partial charge in [0.15, 0.2) is 0 Å². The predicted octanol–water partition coefficient (Wildman–Crippen LogP) is 4.75. The third-order valence-electron chi connectivity index (χ3n) is 5.11. The molecule has 160 valence electrons. The fraction of sp³-hybridized carbons (Fsp3) is 0.115. The molecule has 3 aromatic rings. The lowest BCUT2D eigenvalue weighted by molar-refractivity contribution is -0.136. The first kappa shape index (κ1) is 21.1. The van der Waals surface area contributed by atoms with E-state index in [0.29, 0.717) is 23.7 Å². The summed E-state index contributed by atoms with van der Waals surface area (Å²) in [7, 11) is 1.31. The molecule has 0 saturated heterocycles. The molecule has 6 heteroatoms. The summed E-state index contributed by atoms with van der Waals surface area (Å²) in [6, 6.07) is 20.5. The molecular formula is C26H22N2O4. The number of benzene rings is 2. The minimum absolute atomic E-state index is 0.260. The van der Waals surface area contributed by atoms with Crippen LogP contribution in [0.2, 0.25) is 0 Å². The number of amides is 1. The van der Waals surface area contributed by atoms with Gasteiger partial charge in [-0.05, 0) is 54.5 Å². The van der Waals surface area contributed by atoms with Gasteiger partial charge in [0.1, 0.15) is 11.5 Å². The molecule has 1 aliphatic heterocycles. The fourth-order valence-corrected chi connectivity index (χ4v) is 3.55. The molecular weight excluding hydrogens is 404 g/mol. The molecule has 0 unspecified atom stereocenters. The van der Waals surface area contributed by atoms with E-state index in [2.05, 4.69) is 4.98 Å². The Balaban J connectivity index is 1.67. The number of methoxy groups -OCH3 is 1. The molecule has 4 rings (SSSR count). The van der Waals surface area contributed by atoms with Crippen LogP contribution in [-0.4, -0.2) is 28.9 Å². The van der Waals surface area contributed by atoms with Crippen LogP contribution in [0, 0.1) is 0 Å². The Morgan fingerprint density at radius 3 is 2.53 bits per heavy atom. The van der Waals surface area contributed by atoms with Crippen molar-refractivity contribution in [1.82, 2.24) is 9.88 Å². The van der Waals surface area contributed by atoms with Crippen LogP contribution in [0.4, 0.5) is 0 Å². The Hall–Kier alpha value is -4.19. The quantitative estimate of drug-likeness (QED) is 0.420. The van der Waals surface area contributed by atoms with Gasteiger partial charge < -0.3 is 14.4 Å². The van der Waals surface area contributed by atoms with Crippen molar-refractivity contribution in [3.8, 4) is 11.5 Å². The van der Waals surface area contributed by atoms with Gasteiger partial charge in [-0.2, -0.15) is 0 Å². The van der Waals surface area contributed by atoms with Crippen molar-refractivity contribution in [3.05, 3.63) is 107 Å². The number of para-hydroxylation sites is 1. The predicted molar refractivity (Wildman–Crippen MR) is 120 cm³/mol. The van der Waals surface area contributed by atoms with Crippen molar-refractivity contribution in [1.29, 1.82) is 0 Å². The molecule has 0 N–H and O–H groups in total. The molecule has 1 amide bonds. The Labute approximate surface area is 186 Å². The number of nitrogens with zero attached hydrogens (tertiary/aromatic N) is 2. The standard InChI is InChI=1S/C26H22N2O4/c1-18-24(26(30)31-2)23(25(29)28(18)17-20-9-7-13-27-16-20)15-19-8-6-12-22(14-19)32-21-10-4-3-5-11-21/h3-16H,17H2,1-2H3/b23-15-. The lowest BCUT2D eigenvalue weighted by Crippen LogP contribution is -2.24. The van der Waals surface area contributed by atoms with Gasteiger partial charge in [0.2, 0.25) is 0 Å². The number of rotatable bonds is 6. The lowest BCUT2D eigenvalue weighted by Gasteiger charge is -2.17. The van der Waals surface area contributed by atoms with Gasteiger partial charge in [-0.25, -0.2) is 4.79 Å². The summed E-state index contributed by atoms with van der Waals surface area (Å²) in [4.78, 5) is 31.5. The number of carbonyl (C=O) groups is 2. The number of esters is 1. The van der Waals surface area contributed by atoms with Gasteiger partial charge in [-0.3, -0.25) is 9.78 Å². The highest BCUT2D eigenvalue weighted by atomic mass is 16.5. The third-order valence-corrected chi connectivity index (χ3v) is 5.11. The molecule has 2 heterocycles. The first-order valence-electron chi connectivity index (χ1n) is 10.1. The molecule has 0 bridgehead atoms. The highest BCUT2D eigenvalue weighted by Gasteiger charge is 2.37. The number of allylic oxidation sites excluding steroid dienone is 1. The van der Waals surface area contributed by atoms with Crippen molar-refractivity contribution in [2.24, 2.45) is 0 Å². The van der Waals surface area contributed by atoms with Crippen LogP contribution in [-0.2, 0) is 20.9 Å². The number of ether oxygens (including phenoxy) is 2. The SMILES string of the molecule is COC(=O)C1=C(C)N(Cc2cccnc2)C(=O)/C1=C\c1cccc(Oc2ccccc2)c1. The Morgan fingerprint density at radius 1 is 1.03 bits per heavy atom. The van der Waals surface area contributed by atoms with Gasteiger partial charge in [-0.15, -0.1) is 0 Å².